The minimum Gasteiger partial charge on any atom is -0.372 e. The average molecular weight is 366 g/mol. The van der Waals surface area contributed by atoms with E-state index in [0.29, 0.717) is 6.42 Å². The second kappa shape index (κ2) is 8.05. The van der Waals surface area contributed by atoms with E-state index in [9.17, 15) is 4.79 Å². The summed E-state index contributed by atoms with van der Waals surface area (Å²) in [5.74, 6) is 0.136. The van der Waals surface area contributed by atoms with E-state index in [2.05, 4.69) is 17.2 Å². The molecule has 4 aromatic rings. The maximum Gasteiger partial charge on any atom is 0.163 e. The summed E-state index contributed by atoms with van der Waals surface area (Å²) in [6, 6.07) is 25.6. The zero-order valence-corrected chi connectivity index (χ0v) is 15.8. The average Bonchev–Trinajstić information content (AvgIpc) is 2.74. The molecular weight excluding hydrogens is 344 g/mol. The number of aryl methyl sites for hydroxylation is 1. The minimum atomic E-state index is -0.403. The normalized spacial score (nSPS) is 11.9. The van der Waals surface area contributed by atoms with Crippen LogP contribution in [0, 0.1) is 6.92 Å². The first-order valence-corrected chi connectivity index (χ1v) is 9.43. The number of para-hydroxylation sites is 1. The van der Waals surface area contributed by atoms with E-state index in [1.165, 1.54) is 5.56 Å². The first-order chi connectivity index (χ1) is 13.7. The third kappa shape index (κ3) is 3.94. The Kier molecular flexibility index (Phi) is 5.16. The molecule has 0 aliphatic heterocycles. The van der Waals surface area contributed by atoms with Crippen molar-refractivity contribution >= 4 is 22.2 Å². The van der Waals surface area contributed by atoms with Gasteiger partial charge in [0.1, 0.15) is 6.04 Å². The van der Waals surface area contributed by atoms with Gasteiger partial charge in [-0.3, -0.25) is 9.78 Å². The Morgan fingerprint density at radius 2 is 1.71 bits per heavy atom. The van der Waals surface area contributed by atoms with E-state index >= 15 is 0 Å². The molecule has 0 aliphatic carbocycles. The lowest BCUT2D eigenvalue weighted by Crippen LogP contribution is -2.23. The number of nitrogens with one attached hydrogen (secondary N) is 1. The zero-order chi connectivity index (χ0) is 19.3. The lowest BCUT2D eigenvalue weighted by atomic mass is 9.94. The summed E-state index contributed by atoms with van der Waals surface area (Å²) in [6.07, 6.45) is 3.97. The molecule has 4 rings (SSSR count). The number of hydrogen-bond donors (Lipinski definition) is 1. The highest BCUT2D eigenvalue weighted by molar-refractivity contribution is 5.94. The predicted molar refractivity (Wildman–Crippen MR) is 114 cm³/mol. The summed E-state index contributed by atoms with van der Waals surface area (Å²) < 4.78 is 0. The van der Waals surface area contributed by atoms with Crippen molar-refractivity contribution in [3.05, 3.63) is 108 Å². The molecule has 0 aliphatic rings. The lowest BCUT2D eigenvalue weighted by Gasteiger charge is -2.20. The number of carbonyl (C=O) groups excluding carboxylic acids is 1. The van der Waals surface area contributed by atoms with Crippen molar-refractivity contribution in [2.24, 2.45) is 0 Å². The van der Waals surface area contributed by atoms with Gasteiger partial charge in [-0.05, 0) is 41.6 Å². The van der Waals surface area contributed by atoms with E-state index in [4.69, 9.17) is 0 Å². The summed E-state index contributed by atoms with van der Waals surface area (Å²) in [7, 11) is 0. The molecule has 0 saturated heterocycles. The molecule has 1 N–H and O–H groups in total. The second-order valence-electron chi connectivity index (χ2n) is 7.01. The van der Waals surface area contributed by atoms with Crippen molar-refractivity contribution < 1.29 is 4.79 Å². The van der Waals surface area contributed by atoms with Crippen molar-refractivity contribution in [3.63, 3.8) is 0 Å². The van der Waals surface area contributed by atoms with Crippen LogP contribution in [-0.2, 0) is 11.2 Å². The molecule has 3 heteroatoms. The number of hydrogen-bond acceptors (Lipinski definition) is 3. The molecule has 3 nitrogen and oxygen atoms in total. The minimum absolute atomic E-state index is 0.136. The number of carbonyl (C=O) groups is 1. The van der Waals surface area contributed by atoms with E-state index in [1.807, 2.05) is 85.1 Å². The number of ketones is 1. The second-order valence-corrected chi connectivity index (χ2v) is 7.01. The van der Waals surface area contributed by atoms with Crippen LogP contribution in [0.15, 0.2) is 91.3 Å². The van der Waals surface area contributed by atoms with Crippen molar-refractivity contribution in [1.29, 1.82) is 0 Å². The van der Waals surface area contributed by atoms with Crippen LogP contribution in [0.25, 0.3) is 10.8 Å². The highest BCUT2D eigenvalue weighted by Crippen LogP contribution is 2.25. The zero-order valence-electron chi connectivity index (χ0n) is 15.8. The highest BCUT2D eigenvalue weighted by Gasteiger charge is 2.21. The fourth-order valence-electron chi connectivity index (χ4n) is 3.44. The van der Waals surface area contributed by atoms with E-state index in [-0.39, 0.29) is 5.78 Å². The molecular formula is C25H22N2O. The monoisotopic (exact) mass is 366 g/mol. The van der Waals surface area contributed by atoms with Crippen molar-refractivity contribution in [1.82, 2.24) is 4.98 Å². The molecule has 0 fully saturated rings. The van der Waals surface area contributed by atoms with E-state index in [0.717, 1.165) is 27.6 Å². The summed E-state index contributed by atoms with van der Waals surface area (Å²) in [4.78, 5) is 17.6. The molecule has 28 heavy (non-hydrogen) atoms. The summed E-state index contributed by atoms with van der Waals surface area (Å²) in [5, 5.41) is 5.55. The van der Waals surface area contributed by atoms with Gasteiger partial charge >= 0.3 is 0 Å². The molecule has 0 amide bonds. The van der Waals surface area contributed by atoms with Gasteiger partial charge in [0.05, 0.1) is 0 Å². The first-order valence-electron chi connectivity index (χ1n) is 9.43. The number of benzene rings is 3. The van der Waals surface area contributed by atoms with Crippen LogP contribution in [-0.4, -0.2) is 10.8 Å². The Balaban J connectivity index is 1.67. The first kappa shape index (κ1) is 17.9. The Morgan fingerprint density at radius 1 is 0.929 bits per heavy atom. The number of fused-ring (bicyclic) bond motifs is 1. The molecule has 0 spiro atoms. The van der Waals surface area contributed by atoms with Gasteiger partial charge < -0.3 is 5.32 Å². The third-order valence-corrected chi connectivity index (χ3v) is 4.95. The smallest absolute Gasteiger partial charge is 0.163 e. The van der Waals surface area contributed by atoms with Crippen molar-refractivity contribution in [3.8, 4) is 0 Å². The fourth-order valence-corrected chi connectivity index (χ4v) is 3.44. The number of Topliss-reactive ketones (excluding diaryl/α,β-unsaturated/α-hetero) is 1. The fraction of sp³-hybridized carbons (Fsp3) is 0.120. The standard InChI is InChI=1S/C25H22N2O/c1-18-10-12-19(13-11-18)25(27-22-8-3-2-4-9-22)24(28)16-20-6-5-7-21-17-26-15-14-23(20)21/h2-15,17,25,27H,16H2,1H3. The quantitative estimate of drug-likeness (QED) is 0.489. The van der Waals surface area contributed by atoms with Gasteiger partial charge in [0.2, 0.25) is 0 Å². The van der Waals surface area contributed by atoms with Crippen LogP contribution in [0.3, 0.4) is 0 Å². The van der Waals surface area contributed by atoms with Gasteiger partial charge in [0.15, 0.2) is 5.78 Å². The number of pyridine rings is 1. The van der Waals surface area contributed by atoms with Gasteiger partial charge in [-0.2, -0.15) is 0 Å². The molecule has 0 saturated carbocycles. The molecule has 0 radical (unpaired) electrons. The van der Waals surface area contributed by atoms with Crippen molar-refractivity contribution in [2.45, 2.75) is 19.4 Å². The van der Waals surface area contributed by atoms with Crippen LogP contribution >= 0.6 is 0 Å². The number of rotatable bonds is 6. The summed E-state index contributed by atoms with van der Waals surface area (Å²) >= 11 is 0. The topological polar surface area (TPSA) is 42.0 Å². The number of anilines is 1. The SMILES string of the molecule is Cc1ccc(C(Nc2ccccc2)C(=O)Cc2cccc3cnccc23)cc1. The summed E-state index contributed by atoms with van der Waals surface area (Å²) in [6.45, 7) is 2.05. The molecule has 0 bridgehead atoms. The predicted octanol–water partition coefficient (Wildman–Crippen LogP) is 5.51. The van der Waals surface area contributed by atoms with Crippen LogP contribution in [0.2, 0.25) is 0 Å². The Hall–Kier alpha value is -3.46. The molecule has 1 heterocycles. The Bertz CT molecular complexity index is 1080. The largest absolute Gasteiger partial charge is 0.372 e. The van der Waals surface area contributed by atoms with Crippen molar-refractivity contribution in [2.75, 3.05) is 5.32 Å². The molecule has 3 aromatic carbocycles. The van der Waals surface area contributed by atoms with Gasteiger partial charge in [0.25, 0.3) is 0 Å². The lowest BCUT2D eigenvalue weighted by molar-refractivity contribution is -0.119. The van der Waals surface area contributed by atoms with Gasteiger partial charge in [-0.1, -0.05) is 66.2 Å². The Labute approximate surface area is 165 Å². The van der Waals surface area contributed by atoms with Gasteiger partial charge in [-0.25, -0.2) is 0 Å². The van der Waals surface area contributed by atoms with Gasteiger partial charge in [-0.15, -0.1) is 0 Å². The highest BCUT2D eigenvalue weighted by atomic mass is 16.1. The molecule has 1 unspecified atom stereocenters. The maximum atomic E-state index is 13.4. The third-order valence-electron chi connectivity index (χ3n) is 4.95. The maximum absolute atomic E-state index is 13.4. The summed E-state index contributed by atoms with van der Waals surface area (Å²) in [5.41, 5.74) is 4.11. The van der Waals surface area contributed by atoms with E-state index in [1.54, 1.807) is 6.20 Å². The van der Waals surface area contributed by atoms with Crippen LogP contribution in [0.5, 0.6) is 0 Å². The number of aromatic nitrogens is 1. The number of nitrogens with zero attached hydrogens (tertiary/aromatic N) is 1. The molecule has 1 aromatic heterocycles. The van der Waals surface area contributed by atoms with E-state index < -0.39 is 6.04 Å². The van der Waals surface area contributed by atoms with Crippen LogP contribution in [0.4, 0.5) is 5.69 Å². The van der Waals surface area contributed by atoms with Gasteiger partial charge in [0, 0.05) is 29.9 Å². The Morgan fingerprint density at radius 3 is 2.50 bits per heavy atom. The molecule has 138 valence electrons. The van der Waals surface area contributed by atoms with Crippen LogP contribution < -0.4 is 5.32 Å². The van der Waals surface area contributed by atoms with Crippen LogP contribution in [0.1, 0.15) is 22.7 Å². The molecule has 1 atom stereocenters.